The molecule has 0 aromatic heterocycles. The number of nitrogens with zero attached hydrogens (tertiary/aromatic N) is 3. The highest BCUT2D eigenvalue weighted by Gasteiger charge is 2.54. The lowest BCUT2D eigenvalue weighted by Gasteiger charge is -2.55. The van der Waals surface area contributed by atoms with Crippen molar-refractivity contribution >= 4 is 5.91 Å². The maximum absolute atomic E-state index is 12.6. The molecular formula is C15H24N4O. The van der Waals surface area contributed by atoms with Gasteiger partial charge in [-0.1, -0.05) is 5.11 Å². The highest BCUT2D eigenvalue weighted by Crippen LogP contribution is 2.60. The second-order valence-corrected chi connectivity index (χ2v) is 7.12. The van der Waals surface area contributed by atoms with E-state index in [2.05, 4.69) is 15.3 Å². The minimum absolute atomic E-state index is 0.0282. The molecule has 0 atom stereocenters. The van der Waals surface area contributed by atoms with E-state index in [1.807, 2.05) is 0 Å². The molecule has 4 aliphatic carbocycles. The lowest BCUT2D eigenvalue weighted by atomic mass is 9.49. The van der Waals surface area contributed by atoms with E-state index in [-0.39, 0.29) is 5.41 Å². The van der Waals surface area contributed by atoms with Crippen LogP contribution in [-0.2, 0) is 4.79 Å². The van der Waals surface area contributed by atoms with Crippen molar-refractivity contribution in [2.75, 3.05) is 13.1 Å². The van der Waals surface area contributed by atoms with Crippen LogP contribution in [0.25, 0.3) is 10.4 Å². The largest absolute Gasteiger partial charge is 0.356 e. The van der Waals surface area contributed by atoms with Gasteiger partial charge in [0.25, 0.3) is 0 Å². The molecule has 0 aromatic carbocycles. The van der Waals surface area contributed by atoms with Gasteiger partial charge in [-0.2, -0.15) is 0 Å². The number of rotatable bonds is 6. The summed E-state index contributed by atoms with van der Waals surface area (Å²) in [5, 5.41) is 6.65. The molecule has 0 spiro atoms. The van der Waals surface area contributed by atoms with Gasteiger partial charge in [-0.05, 0) is 74.7 Å². The first kappa shape index (κ1) is 13.7. The Morgan fingerprint density at radius 1 is 1.15 bits per heavy atom. The number of amides is 1. The second kappa shape index (κ2) is 5.65. The van der Waals surface area contributed by atoms with Crippen molar-refractivity contribution in [1.29, 1.82) is 0 Å². The van der Waals surface area contributed by atoms with Gasteiger partial charge in [0.05, 0.1) is 0 Å². The van der Waals surface area contributed by atoms with E-state index in [9.17, 15) is 4.79 Å². The zero-order valence-corrected chi connectivity index (χ0v) is 12.1. The molecule has 5 nitrogen and oxygen atoms in total. The third-order valence-electron chi connectivity index (χ3n) is 5.55. The van der Waals surface area contributed by atoms with Crippen LogP contribution in [-0.4, -0.2) is 19.0 Å². The summed E-state index contributed by atoms with van der Waals surface area (Å²) < 4.78 is 0. The van der Waals surface area contributed by atoms with Crippen LogP contribution in [0, 0.1) is 23.2 Å². The number of hydrogen-bond donors (Lipinski definition) is 1. The Balaban J connectivity index is 1.48. The van der Waals surface area contributed by atoms with E-state index >= 15 is 0 Å². The van der Waals surface area contributed by atoms with Gasteiger partial charge < -0.3 is 5.32 Å². The molecule has 4 fully saturated rings. The van der Waals surface area contributed by atoms with Crippen LogP contribution in [0.4, 0.5) is 0 Å². The Hall–Kier alpha value is -1.22. The predicted molar refractivity (Wildman–Crippen MR) is 76.9 cm³/mol. The van der Waals surface area contributed by atoms with Crippen LogP contribution in [0.1, 0.15) is 51.4 Å². The molecule has 0 unspecified atom stereocenters. The number of azide groups is 1. The summed E-state index contributed by atoms with van der Waals surface area (Å²) in [6.45, 7) is 1.26. The van der Waals surface area contributed by atoms with Crippen LogP contribution >= 0.6 is 0 Å². The lowest BCUT2D eigenvalue weighted by molar-refractivity contribution is -0.146. The third kappa shape index (κ3) is 2.64. The van der Waals surface area contributed by atoms with Crippen molar-refractivity contribution < 1.29 is 4.79 Å². The summed E-state index contributed by atoms with van der Waals surface area (Å²) >= 11 is 0. The highest BCUT2D eigenvalue weighted by atomic mass is 16.2. The number of carbonyl (C=O) groups excluding carboxylic acids is 1. The van der Waals surface area contributed by atoms with E-state index in [4.69, 9.17) is 5.53 Å². The zero-order chi connectivity index (χ0) is 14.0. The average Bonchev–Trinajstić information content (AvgIpc) is 2.41. The minimum Gasteiger partial charge on any atom is -0.356 e. The molecule has 110 valence electrons. The molecular weight excluding hydrogens is 252 g/mol. The Morgan fingerprint density at radius 3 is 2.30 bits per heavy atom. The van der Waals surface area contributed by atoms with Gasteiger partial charge in [0.15, 0.2) is 0 Å². The van der Waals surface area contributed by atoms with Crippen LogP contribution in [0.5, 0.6) is 0 Å². The van der Waals surface area contributed by atoms with Gasteiger partial charge in [-0.15, -0.1) is 0 Å². The van der Waals surface area contributed by atoms with E-state index in [1.54, 1.807) is 0 Å². The maximum Gasteiger partial charge on any atom is 0.226 e. The number of unbranched alkanes of at least 4 members (excludes halogenated alkanes) is 1. The Bertz CT molecular complexity index is 392. The summed E-state index contributed by atoms with van der Waals surface area (Å²) in [5.74, 6) is 2.76. The number of carbonyl (C=O) groups is 1. The van der Waals surface area contributed by atoms with Crippen molar-refractivity contribution in [2.45, 2.75) is 51.4 Å². The van der Waals surface area contributed by atoms with Crippen LogP contribution in [0.15, 0.2) is 5.11 Å². The van der Waals surface area contributed by atoms with Gasteiger partial charge in [-0.25, -0.2) is 0 Å². The molecule has 1 N–H and O–H groups in total. The summed E-state index contributed by atoms with van der Waals surface area (Å²) in [6.07, 6.45) is 9.26. The molecule has 4 aliphatic rings. The summed E-state index contributed by atoms with van der Waals surface area (Å²) in [4.78, 5) is 15.3. The average molecular weight is 276 g/mol. The minimum atomic E-state index is -0.0282. The Kier molecular flexibility index (Phi) is 3.88. The van der Waals surface area contributed by atoms with Crippen LogP contribution in [0.2, 0.25) is 0 Å². The first-order chi connectivity index (χ1) is 9.72. The van der Waals surface area contributed by atoms with E-state index in [0.717, 1.165) is 56.4 Å². The van der Waals surface area contributed by atoms with Gasteiger partial charge in [0, 0.05) is 23.4 Å². The van der Waals surface area contributed by atoms with Gasteiger partial charge in [0.1, 0.15) is 0 Å². The van der Waals surface area contributed by atoms with E-state index in [1.165, 1.54) is 19.3 Å². The predicted octanol–water partition coefficient (Wildman–Crippen LogP) is 3.41. The smallest absolute Gasteiger partial charge is 0.226 e. The fourth-order valence-corrected chi connectivity index (χ4v) is 5.13. The van der Waals surface area contributed by atoms with Crippen molar-refractivity contribution in [1.82, 2.24) is 5.32 Å². The fourth-order valence-electron chi connectivity index (χ4n) is 5.13. The fraction of sp³-hybridized carbons (Fsp3) is 0.933. The Labute approximate surface area is 120 Å². The van der Waals surface area contributed by atoms with E-state index in [0.29, 0.717) is 12.5 Å². The number of hydrogen-bond acceptors (Lipinski definition) is 2. The van der Waals surface area contributed by atoms with E-state index < -0.39 is 0 Å². The summed E-state index contributed by atoms with van der Waals surface area (Å²) in [6, 6.07) is 0. The molecule has 5 heteroatoms. The normalized spacial score (nSPS) is 37.5. The third-order valence-corrected chi connectivity index (χ3v) is 5.55. The van der Waals surface area contributed by atoms with Crippen molar-refractivity contribution in [3.8, 4) is 0 Å². The molecule has 4 bridgehead atoms. The molecule has 4 rings (SSSR count). The van der Waals surface area contributed by atoms with Gasteiger partial charge >= 0.3 is 0 Å². The molecule has 0 radical (unpaired) electrons. The molecule has 0 heterocycles. The second-order valence-electron chi connectivity index (χ2n) is 7.12. The molecule has 0 aliphatic heterocycles. The summed E-state index contributed by atoms with van der Waals surface area (Å²) in [5.41, 5.74) is 8.17. The monoisotopic (exact) mass is 276 g/mol. The van der Waals surface area contributed by atoms with Gasteiger partial charge in [-0.3, -0.25) is 4.79 Å². The molecule has 0 saturated heterocycles. The molecule has 4 saturated carbocycles. The topological polar surface area (TPSA) is 77.9 Å². The first-order valence-electron chi connectivity index (χ1n) is 8.01. The maximum atomic E-state index is 12.6. The van der Waals surface area contributed by atoms with Crippen LogP contribution < -0.4 is 5.32 Å². The lowest BCUT2D eigenvalue weighted by Crippen LogP contribution is -2.53. The van der Waals surface area contributed by atoms with Crippen LogP contribution in [0.3, 0.4) is 0 Å². The van der Waals surface area contributed by atoms with Gasteiger partial charge in [0.2, 0.25) is 5.91 Å². The first-order valence-corrected chi connectivity index (χ1v) is 8.01. The highest BCUT2D eigenvalue weighted by molar-refractivity contribution is 5.83. The molecule has 1 amide bonds. The quantitative estimate of drug-likeness (QED) is 0.343. The molecule has 20 heavy (non-hydrogen) atoms. The zero-order valence-electron chi connectivity index (χ0n) is 12.1. The number of nitrogens with one attached hydrogen (secondary N) is 1. The van der Waals surface area contributed by atoms with Crippen molar-refractivity contribution in [2.24, 2.45) is 28.3 Å². The van der Waals surface area contributed by atoms with Crippen molar-refractivity contribution in [3.05, 3.63) is 10.4 Å². The Morgan fingerprint density at radius 2 is 1.75 bits per heavy atom. The van der Waals surface area contributed by atoms with Crippen molar-refractivity contribution in [3.63, 3.8) is 0 Å². The summed E-state index contributed by atoms with van der Waals surface area (Å²) in [7, 11) is 0. The SMILES string of the molecule is [N-]=[N+]=NCCCCNC(=O)C12CC3CC(CC(C3)C1)C2. The standard InChI is InChI=1S/C15H24N4O/c16-19-18-4-2-1-3-17-14(20)15-8-11-5-12(9-15)7-13(6-11)10-15/h11-13H,1-10H2,(H,17,20). The molecule has 0 aromatic rings.